The first-order valence-electron chi connectivity index (χ1n) is 11.6. The number of methoxy groups -OCH3 is 1. The van der Waals surface area contributed by atoms with Crippen LogP contribution in [0.2, 0.25) is 5.02 Å². The second-order valence-electron chi connectivity index (χ2n) is 9.05. The zero-order valence-electron chi connectivity index (χ0n) is 19.2. The summed E-state index contributed by atoms with van der Waals surface area (Å²) in [5, 5.41) is 1.67. The SMILES string of the molecule is COc1ccccc1CN1CC(=O)N2C(Cc3c([nH]c4ccccc34)C2c2cccc(Cl)c2)C1=O. The van der Waals surface area contributed by atoms with Crippen molar-refractivity contribution in [3.05, 3.63) is 100 Å². The Bertz CT molecular complexity index is 1460. The lowest BCUT2D eigenvalue weighted by Gasteiger charge is -2.47. The number of rotatable bonds is 4. The molecule has 2 unspecified atom stereocenters. The summed E-state index contributed by atoms with van der Waals surface area (Å²) >= 11 is 6.35. The molecule has 0 spiro atoms. The highest BCUT2D eigenvalue weighted by molar-refractivity contribution is 6.30. The van der Waals surface area contributed by atoms with Gasteiger partial charge in [-0.25, -0.2) is 0 Å². The molecule has 3 aromatic carbocycles. The number of carbonyl (C=O) groups is 2. The summed E-state index contributed by atoms with van der Waals surface area (Å²) in [6, 6.07) is 22.2. The molecule has 0 bridgehead atoms. The Hall–Kier alpha value is -3.77. The fourth-order valence-electron chi connectivity index (χ4n) is 5.52. The second-order valence-corrected chi connectivity index (χ2v) is 9.48. The average Bonchev–Trinajstić information content (AvgIpc) is 3.24. The Balaban J connectivity index is 1.45. The number of nitrogens with zero attached hydrogens (tertiary/aromatic N) is 2. The number of carbonyl (C=O) groups excluding carboxylic acids is 2. The number of para-hydroxylation sites is 2. The first kappa shape index (κ1) is 21.7. The van der Waals surface area contributed by atoms with Gasteiger partial charge in [0.25, 0.3) is 0 Å². The number of hydrogen-bond acceptors (Lipinski definition) is 3. The van der Waals surface area contributed by atoms with Crippen LogP contribution in [0.15, 0.2) is 72.8 Å². The van der Waals surface area contributed by atoms with E-state index in [4.69, 9.17) is 16.3 Å². The Labute approximate surface area is 208 Å². The number of ether oxygens (including phenoxy) is 1. The highest BCUT2D eigenvalue weighted by Gasteiger charge is 2.48. The third-order valence-corrected chi connectivity index (χ3v) is 7.30. The van der Waals surface area contributed by atoms with E-state index in [1.807, 2.05) is 66.7 Å². The lowest BCUT2D eigenvalue weighted by atomic mass is 9.86. The van der Waals surface area contributed by atoms with E-state index in [0.717, 1.165) is 33.3 Å². The number of piperazine rings is 1. The lowest BCUT2D eigenvalue weighted by Crippen LogP contribution is -2.62. The van der Waals surface area contributed by atoms with Gasteiger partial charge in [0.1, 0.15) is 18.3 Å². The summed E-state index contributed by atoms with van der Waals surface area (Å²) in [6.07, 6.45) is 0.462. The van der Waals surface area contributed by atoms with Gasteiger partial charge in [0, 0.05) is 40.1 Å². The maximum atomic E-state index is 13.9. The fourth-order valence-corrected chi connectivity index (χ4v) is 5.72. The third-order valence-electron chi connectivity index (χ3n) is 7.06. The molecule has 4 aromatic rings. The Morgan fingerprint density at radius 3 is 2.66 bits per heavy atom. The number of H-pyrrole nitrogens is 1. The van der Waals surface area contributed by atoms with Gasteiger partial charge in [-0.15, -0.1) is 0 Å². The fraction of sp³-hybridized carbons (Fsp3) is 0.214. The molecule has 6 rings (SSSR count). The number of amides is 2. The summed E-state index contributed by atoms with van der Waals surface area (Å²) in [7, 11) is 1.61. The van der Waals surface area contributed by atoms with E-state index >= 15 is 0 Å². The molecule has 0 saturated carbocycles. The standard InChI is InChI=1S/C28H24ClN3O3/c1-35-24-12-5-2-7-18(24)15-31-16-25(33)32-23(28(31)34)14-21-20-10-3-4-11-22(20)30-26(21)27(32)17-8-6-9-19(29)13-17/h2-13,23,27,30H,14-16H2,1H3. The molecule has 2 atom stereocenters. The minimum Gasteiger partial charge on any atom is -0.496 e. The predicted octanol–water partition coefficient (Wildman–Crippen LogP) is 4.72. The van der Waals surface area contributed by atoms with Crippen LogP contribution in [0.3, 0.4) is 0 Å². The van der Waals surface area contributed by atoms with Gasteiger partial charge in [-0.2, -0.15) is 0 Å². The first-order valence-corrected chi connectivity index (χ1v) is 12.0. The van der Waals surface area contributed by atoms with Crippen molar-refractivity contribution >= 4 is 34.3 Å². The minimum atomic E-state index is -0.596. The molecule has 2 amide bonds. The first-order chi connectivity index (χ1) is 17.0. The van der Waals surface area contributed by atoms with E-state index in [-0.39, 0.29) is 18.4 Å². The van der Waals surface area contributed by atoms with Crippen LogP contribution >= 0.6 is 11.6 Å². The number of hydrogen-bond donors (Lipinski definition) is 1. The number of fused-ring (bicyclic) bond motifs is 4. The summed E-state index contributed by atoms with van der Waals surface area (Å²) in [5.74, 6) is 0.562. The van der Waals surface area contributed by atoms with Gasteiger partial charge in [-0.1, -0.05) is 60.1 Å². The molecule has 1 aromatic heterocycles. The highest BCUT2D eigenvalue weighted by atomic mass is 35.5. The largest absolute Gasteiger partial charge is 0.496 e. The van der Waals surface area contributed by atoms with Crippen molar-refractivity contribution < 1.29 is 14.3 Å². The Morgan fingerprint density at radius 1 is 1.03 bits per heavy atom. The zero-order valence-corrected chi connectivity index (χ0v) is 20.0. The molecule has 1 N–H and O–H groups in total. The van der Waals surface area contributed by atoms with Crippen LogP contribution in [0.1, 0.15) is 28.4 Å². The van der Waals surface area contributed by atoms with Crippen molar-refractivity contribution in [3.8, 4) is 5.75 Å². The molecule has 3 heterocycles. The van der Waals surface area contributed by atoms with E-state index < -0.39 is 12.1 Å². The molecule has 1 fully saturated rings. The Morgan fingerprint density at radius 2 is 1.83 bits per heavy atom. The third kappa shape index (κ3) is 3.56. The summed E-state index contributed by atoms with van der Waals surface area (Å²) in [4.78, 5) is 34.5. The second kappa shape index (κ2) is 8.47. The maximum Gasteiger partial charge on any atom is 0.246 e. The molecule has 6 nitrogen and oxygen atoms in total. The van der Waals surface area contributed by atoms with Crippen LogP contribution in [0.5, 0.6) is 5.75 Å². The molecular weight excluding hydrogens is 462 g/mol. The van der Waals surface area contributed by atoms with Crippen molar-refractivity contribution in [2.45, 2.75) is 25.0 Å². The van der Waals surface area contributed by atoms with Crippen LogP contribution in [0, 0.1) is 0 Å². The molecule has 0 radical (unpaired) electrons. The summed E-state index contributed by atoms with van der Waals surface area (Å²) in [6.45, 7) is 0.335. The number of aromatic amines is 1. The number of benzene rings is 3. The van der Waals surface area contributed by atoms with Crippen LogP contribution < -0.4 is 4.74 Å². The van der Waals surface area contributed by atoms with Gasteiger partial charge >= 0.3 is 0 Å². The van der Waals surface area contributed by atoms with Crippen molar-refractivity contribution in [2.75, 3.05) is 13.7 Å². The van der Waals surface area contributed by atoms with Gasteiger partial charge in [0.2, 0.25) is 11.8 Å². The zero-order chi connectivity index (χ0) is 24.1. The molecule has 35 heavy (non-hydrogen) atoms. The monoisotopic (exact) mass is 485 g/mol. The van der Waals surface area contributed by atoms with Crippen molar-refractivity contribution in [3.63, 3.8) is 0 Å². The quantitative estimate of drug-likeness (QED) is 0.455. The van der Waals surface area contributed by atoms with Crippen molar-refractivity contribution in [1.29, 1.82) is 0 Å². The van der Waals surface area contributed by atoms with E-state index in [9.17, 15) is 9.59 Å². The molecule has 7 heteroatoms. The van der Waals surface area contributed by atoms with Crippen LogP contribution in [0.25, 0.3) is 10.9 Å². The number of halogens is 1. The van der Waals surface area contributed by atoms with Gasteiger partial charge in [0.15, 0.2) is 0 Å². The lowest BCUT2D eigenvalue weighted by molar-refractivity contribution is -0.159. The summed E-state index contributed by atoms with van der Waals surface area (Å²) in [5.41, 5.74) is 4.78. The van der Waals surface area contributed by atoms with Crippen molar-refractivity contribution in [1.82, 2.24) is 14.8 Å². The molecule has 2 aliphatic rings. The van der Waals surface area contributed by atoms with E-state index in [1.54, 1.807) is 16.9 Å². The topological polar surface area (TPSA) is 65.6 Å². The molecular formula is C28H24ClN3O3. The van der Waals surface area contributed by atoms with E-state index in [2.05, 4.69) is 11.1 Å². The minimum absolute atomic E-state index is 0.0139. The van der Waals surface area contributed by atoms with E-state index in [0.29, 0.717) is 23.7 Å². The average molecular weight is 486 g/mol. The van der Waals surface area contributed by atoms with Crippen LogP contribution in [-0.2, 0) is 22.6 Å². The molecule has 176 valence electrons. The Kier molecular flexibility index (Phi) is 5.26. The number of aromatic nitrogens is 1. The molecule has 0 aliphatic carbocycles. The van der Waals surface area contributed by atoms with Crippen molar-refractivity contribution in [2.24, 2.45) is 0 Å². The van der Waals surface area contributed by atoms with Gasteiger partial charge in [-0.05, 0) is 35.4 Å². The maximum absolute atomic E-state index is 13.9. The smallest absolute Gasteiger partial charge is 0.246 e. The van der Waals surface area contributed by atoms with Crippen LogP contribution in [0.4, 0.5) is 0 Å². The highest BCUT2D eigenvalue weighted by Crippen LogP contribution is 2.43. The number of nitrogens with one attached hydrogen (secondary N) is 1. The molecule has 1 saturated heterocycles. The predicted molar refractivity (Wildman–Crippen MR) is 134 cm³/mol. The van der Waals surface area contributed by atoms with E-state index in [1.165, 1.54) is 0 Å². The van der Waals surface area contributed by atoms with Crippen LogP contribution in [-0.4, -0.2) is 46.3 Å². The van der Waals surface area contributed by atoms with Gasteiger partial charge in [0.05, 0.1) is 13.2 Å². The normalized spacial score (nSPS) is 19.6. The molecule has 2 aliphatic heterocycles. The van der Waals surface area contributed by atoms with Gasteiger partial charge < -0.3 is 19.5 Å². The summed E-state index contributed by atoms with van der Waals surface area (Å²) < 4.78 is 5.48. The van der Waals surface area contributed by atoms with Gasteiger partial charge in [-0.3, -0.25) is 9.59 Å².